The monoisotopic (exact) mass is 574 g/mol. The summed E-state index contributed by atoms with van der Waals surface area (Å²) in [5, 5.41) is 21.7. The van der Waals surface area contributed by atoms with E-state index in [1.54, 1.807) is 21.1 Å². The van der Waals surface area contributed by atoms with Gasteiger partial charge in [0, 0.05) is 18.2 Å². The van der Waals surface area contributed by atoms with Crippen molar-refractivity contribution in [3.8, 4) is 11.5 Å². The minimum absolute atomic E-state index is 0.0909. The lowest BCUT2D eigenvalue weighted by Gasteiger charge is -2.38. The van der Waals surface area contributed by atoms with Crippen molar-refractivity contribution in [2.45, 2.75) is 36.9 Å². The number of hydrogen-bond acceptors (Lipinski definition) is 8. The van der Waals surface area contributed by atoms with Crippen molar-refractivity contribution < 1.29 is 29.2 Å². The van der Waals surface area contributed by atoms with Gasteiger partial charge in [-0.05, 0) is 47.9 Å². The normalized spacial score (nSPS) is 20.4. The van der Waals surface area contributed by atoms with Gasteiger partial charge in [0.25, 0.3) is 5.56 Å². The molecule has 1 aliphatic heterocycles. The molecule has 3 N–H and O–H groups in total. The van der Waals surface area contributed by atoms with Crippen LogP contribution in [0.1, 0.15) is 34.9 Å². The Morgan fingerprint density at radius 1 is 0.929 bits per heavy atom. The first-order valence-electron chi connectivity index (χ1n) is 13.5. The Hall–Kier alpha value is -4.22. The number of aromatic amines is 1. The van der Waals surface area contributed by atoms with E-state index < -0.39 is 41.4 Å². The molecular formula is C32H34N2O8. The second kappa shape index (κ2) is 11.9. The number of aromatic nitrogens is 2. The Labute approximate surface area is 242 Å². The first kappa shape index (κ1) is 29.3. The largest absolute Gasteiger partial charge is 0.497 e. The molecule has 1 saturated heterocycles. The molecule has 3 atom stereocenters. The molecule has 0 unspecified atom stereocenters. The van der Waals surface area contributed by atoms with Crippen molar-refractivity contribution >= 4 is 0 Å². The molecule has 220 valence electrons. The predicted molar refractivity (Wildman–Crippen MR) is 155 cm³/mol. The number of benzene rings is 3. The highest BCUT2D eigenvalue weighted by Gasteiger charge is 2.50. The number of aryl methyl sites for hydroxylation is 1. The standard InChI is InChI=1S/C32H34N2O8/c1-21-18-34(30(37)33-29(21)36)28-17-31(38,20-35)27(42-28)19-41-32(22-7-5-4-6-8-22,23-9-13-25(39-2)14-10-23)24-11-15-26(40-3)16-12-24/h4-16,18,27-28,35,38H,17,19-20H2,1-3H3,(H,33,36,37)/t27-,28-,31-/m1/s1. The lowest BCUT2D eigenvalue weighted by atomic mass is 9.79. The summed E-state index contributed by atoms with van der Waals surface area (Å²) < 4.78 is 25.0. The van der Waals surface area contributed by atoms with Crippen LogP contribution in [0.3, 0.4) is 0 Å². The third-order valence-corrected chi connectivity index (χ3v) is 7.80. The molecule has 42 heavy (non-hydrogen) atoms. The van der Waals surface area contributed by atoms with Crippen LogP contribution in [0.5, 0.6) is 11.5 Å². The maximum Gasteiger partial charge on any atom is 0.330 e. The highest BCUT2D eigenvalue weighted by Crippen LogP contribution is 2.44. The molecule has 5 rings (SSSR count). The zero-order valence-corrected chi connectivity index (χ0v) is 23.7. The molecule has 0 amide bonds. The number of aliphatic hydroxyl groups is 2. The molecule has 1 aliphatic rings. The summed E-state index contributed by atoms with van der Waals surface area (Å²) in [7, 11) is 3.19. The van der Waals surface area contributed by atoms with Crippen LogP contribution in [-0.4, -0.2) is 58.9 Å². The van der Waals surface area contributed by atoms with Crippen molar-refractivity contribution in [1.82, 2.24) is 9.55 Å². The molecule has 0 saturated carbocycles. The van der Waals surface area contributed by atoms with Crippen LogP contribution in [0.2, 0.25) is 0 Å². The van der Waals surface area contributed by atoms with Crippen molar-refractivity contribution in [2.75, 3.05) is 27.4 Å². The second-order valence-corrected chi connectivity index (χ2v) is 10.3. The van der Waals surface area contributed by atoms with Gasteiger partial charge in [-0.15, -0.1) is 0 Å². The maximum atomic E-state index is 12.6. The fraction of sp³-hybridized carbons (Fsp3) is 0.312. The SMILES string of the molecule is COc1ccc(C(OC[C@H]2O[C@@H](n3cc(C)c(=O)[nH]c3=O)C[C@@]2(O)CO)(c2ccccc2)c2ccc(OC)cc2)cc1. The van der Waals surface area contributed by atoms with Crippen LogP contribution in [0.15, 0.2) is 94.6 Å². The molecule has 2 heterocycles. The quantitative estimate of drug-likeness (QED) is 0.247. The van der Waals surface area contributed by atoms with Crippen molar-refractivity contribution in [2.24, 2.45) is 0 Å². The van der Waals surface area contributed by atoms with Crippen LogP contribution in [0, 0.1) is 6.92 Å². The summed E-state index contributed by atoms with van der Waals surface area (Å²) in [5.74, 6) is 1.35. The Kier molecular flexibility index (Phi) is 8.33. The summed E-state index contributed by atoms with van der Waals surface area (Å²) in [6.45, 7) is 0.788. The molecule has 10 nitrogen and oxygen atoms in total. The Balaban J connectivity index is 1.58. The summed E-state index contributed by atoms with van der Waals surface area (Å²) in [4.78, 5) is 26.8. The van der Waals surface area contributed by atoms with E-state index in [0.29, 0.717) is 17.1 Å². The maximum absolute atomic E-state index is 12.6. The number of nitrogens with one attached hydrogen (secondary N) is 1. The van der Waals surface area contributed by atoms with E-state index >= 15 is 0 Å². The summed E-state index contributed by atoms with van der Waals surface area (Å²) in [6.07, 6.45) is -0.666. The molecule has 4 aromatic rings. The van der Waals surface area contributed by atoms with Crippen LogP contribution in [-0.2, 0) is 15.1 Å². The minimum Gasteiger partial charge on any atom is -0.497 e. The van der Waals surface area contributed by atoms with E-state index in [0.717, 1.165) is 16.7 Å². The van der Waals surface area contributed by atoms with Gasteiger partial charge >= 0.3 is 5.69 Å². The zero-order valence-electron chi connectivity index (χ0n) is 23.7. The first-order valence-corrected chi connectivity index (χ1v) is 13.5. The number of aliphatic hydroxyl groups excluding tert-OH is 1. The predicted octanol–water partition coefficient (Wildman–Crippen LogP) is 2.88. The van der Waals surface area contributed by atoms with E-state index in [2.05, 4.69) is 4.98 Å². The lowest BCUT2D eigenvalue weighted by molar-refractivity contribution is -0.132. The van der Waals surface area contributed by atoms with Crippen LogP contribution in [0.4, 0.5) is 0 Å². The molecule has 0 bridgehead atoms. The van der Waals surface area contributed by atoms with Crippen molar-refractivity contribution in [3.63, 3.8) is 0 Å². The second-order valence-electron chi connectivity index (χ2n) is 10.3. The molecule has 1 aromatic heterocycles. The number of hydrogen-bond donors (Lipinski definition) is 3. The van der Waals surface area contributed by atoms with Gasteiger partial charge in [-0.3, -0.25) is 14.3 Å². The first-order chi connectivity index (χ1) is 20.2. The van der Waals surface area contributed by atoms with E-state index in [9.17, 15) is 19.8 Å². The average Bonchev–Trinajstić information content (AvgIpc) is 3.36. The fourth-order valence-electron chi connectivity index (χ4n) is 5.40. The molecule has 0 aliphatic carbocycles. The van der Waals surface area contributed by atoms with Crippen LogP contribution >= 0.6 is 0 Å². The number of methoxy groups -OCH3 is 2. The van der Waals surface area contributed by atoms with Crippen molar-refractivity contribution in [3.05, 3.63) is 128 Å². The van der Waals surface area contributed by atoms with Gasteiger partial charge in [0.2, 0.25) is 0 Å². The molecule has 0 radical (unpaired) electrons. The number of H-pyrrole nitrogens is 1. The van der Waals surface area contributed by atoms with Gasteiger partial charge in [0.15, 0.2) is 0 Å². The van der Waals surface area contributed by atoms with Gasteiger partial charge in [-0.1, -0.05) is 54.6 Å². The number of nitrogens with zero attached hydrogens (tertiary/aromatic N) is 1. The van der Waals surface area contributed by atoms with E-state index in [-0.39, 0.29) is 13.0 Å². The summed E-state index contributed by atoms with van der Waals surface area (Å²) in [5.41, 5.74) is -1.38. The van der Waals surface area contributed by atoms with Crippen LogP contribution in [0.25, 0.3) is 0 Å². The summed E-state index contributed by atoms with van der Waals surface area (Å²) in [6, 6.07) is 24.7. The zero-order chi connectivity index (χ0) is 29.9. The van der Waals surface area contributed by atoms with E-state index in [4.69, 9.17) is 18.9 Å². The molecule has 10 heteroatoms. The Morgan fingerprint density at radius 2 is 1.48 bits per heavy atom. The van der Waals surface area contributed by atoms with E-state index in [1.165, 1.54) is 10.8 Å². The summed E-state index contributed by atoms with van der Waals surface area (Å²) >= 11 is 0. The van der Waals surface area contributed by atoms with Gasteiger partial charge < -0.3 is 29.2 Å². The topological polar surface area (TPSA) is 132 Å². The third-order valence-electron chi connectivity index (χ3n) is 7.80. The highest BCUT2D eigenvalue weighted by molar-refractivity contribution is 5.49. The smallest absolute Gasteiger partial charge is 0.330 e. The highest BCUT2D eigenvalue weighted by atomic mass is 16.6. The third kappa shape index (κ3) is 5.37. The lowest BCUT2D eigenvalue weighted by Crippen LogP contribution is -2.46. The number of rotatable bonds is 10. The molecule has 0 spiro atoms. The number of ether oxygens (including phenoxy) is 4. The fourth-order valence-corrected chi connectivity index (χ4v) is 5.40. The van der Waals surface area contributed by atoms with Gasteiger partial charge in [0.05, 0.1) is 27.4 Å². The van der Waals surface area contributed by atoms with E-state index in [1.807, 2.05) is 78.9 Å². The Bertz CT molecular complexity index is 1570. The van der Waals surface area contributed by atoms with Gasteiger partial charge in [-0.2, -0.15) is 0 Å². The van der Waals surface area contributed by atoms with Gasteiger partial charge in [-0.25, -0.2) is 4.79 Å². The minimum atomic E-state index is -1.73. The molecular weight excluding hydrogens is 540 g/mol. The molecule has 3 aromatic carbocycles. The average molecular weight is 575 g/mol. The van der Waals surface area contributed by atoms with Crippen LogP contribution < -0.4 is 20.7 Å². The van der Waals surface area contributed by atoms with Gasteiger partial charge in [0.1, 0.15) is 35.0 Å². The van der Waals surface area contributed by atoms with Crippen molar-refractivity contribution in [1.29, 1.82) is 0 Å². The Morgan fingerprint density at radius 3 is 2.00 bits per heavy atom. The molecule has 1 fully saturated rings.